The van der Waals surface area contributed by atoms with E-state index in [4.69, 9.17) is 4.74 Å². The Labute approximate surface area is 224 Å². The van der Waals surface area contributed by atoms with Crippen molar-refractivity contribution in [3.05, 3.63) is 71.3 Å². The van der Waals surface area contributed by atoms with Crippen LogP contribution in [0.1, 0.15) is 57.4 Å². The summed E-state index contributed by atoms with van der Waals surface area (Å²) in [5, 5.41) is 5.30. The quantitative estimate of drug-likeness (QED) is 0.457. The topological polar surface area (TPSA) is 114 Å². The molecule has 0 aliphatic rings. The summed E-state index contributed by atoms with van der Waals surface area (Å²) in [6.07, 6.45) is -0.551. The Morgan fingerprint density at radius 1 is 0.974 bits per heavy atom. The van der Waals surface area contributed by atoms with E-state index < -0.39 is 47.6 Å². The predicted molar refractivity (Wildman–Crippen MR) is 144 cm³/mol. The summed E-state index contributed by atoms with van der Waals surface area (Å²) < 4.78 is 10.1. The number of alkyl carbamates (subject to hydrolysis) is 1. The molecular weight excluding hydrogens is 486 g/mol. The lowest BCUT2D eigenvalue weighted by molar-refractivity contribution is -0.146. The van der Waals surface area contributed by atoms with E-state index in [2.05, 4.69) is 15.4 Å². The lowest BCUT2D eigenvalue weighted by atomic mass is 9.98. The normalized spacial score (nSPS) is 12.7. The summed E-state index contributed by atoms with van der Waals surface area (Å²) in [6.45, 7) is 10.3. The first-order chi connectivity index (χ1) is 17.8. The molecule has 9 heteroatoms. The molecule has 2 N–H and O–H groups in total. The van der Waals surface area contributed by atoms with Crippen LogP contribution in [0.4, 0.5) is 4.79 Å². The maximum absolute atomic E-state index is 14.2. The maximum atomic E-state index is 14.2. The molecule has 0 heterocycles. The second kappa shape index (κ2) is 13.6. The van der Waals surface area contributed by atoms with Crippen molar-refractivity contribution < 1.29 is 28.7 Å². The molecule has 38 heavy (non-hydrogen) atoms. The first kappa shape index (κ1) is 30.3. The summed E-state index contributed by atoms with van der Waals surface area (Å²) in [6, 6.07) is 14.0. The summed E-state index contributed by atoms with van der Waals surface area (Å²) in [4.78, 5) is 53.6. The van der Waals surface area contributed by atoms with Gasteiger partial charge in [0.25, 0.3) is 0 Å². The van der Waals surface area contributed by atoms with Crippen LogP contribution in [0.5, 0.6) is 0 Å². The van der Waals surface area contributed by atoms with Gasteiger partial charge in [-0.05, 0) is 52.7 Å². The molecule has 3 amide bonds. The smallest absolute Gasteiger partial charge is 0.408 e. The predicted octanol–water partition coefficient (Wildman–Crippen LogP) is 3.70. The first-order valence-corrected chi connectivity index (χ1v) is 12.6. The van der Waals surface area contributed by atoms with Crippen molar-refractivity contribution in [1.82, 2.24) is 15.5 Å². The lowest BCUT2D eigenvalue weighted by Gasteiger charge is -2.37. The number of nitrogens with zero attached hydrogens (tertiary/aromatic N) is 1. The summed E-state index contributed by atoms with van der Waals surface area (Å²) in [7, 11) is 1.23. The summed E-state index contributed by atoms with van der Waals surface area (Å²) >= 11 is 0. The van der Waals surface area contributed by atoms with Crippen molar-refractivity contribution in [2.75, 3.05) is 13.7 Å². The highest BCUT2D eigenvalue weighted by Gasteiger charge is 2.38. The molecule has 2 aromatic carbocycles. The fraction of sp³-hybridized carbons (Fsp3) is 0.448. The molecule has 2 rings (SSSR count). The van der Waals surface area contributed by atoms with Gasteiger partial charge in [0, 0.05) is 12.5 Å². The average molecular weight is 526 g/mol. The fourth-order valence-electron chi connectivity index (χ4n) is 3.97. The standard InChI is InChI=1S/C29H39N3O6/c1-19(2)32(25(22-15-11-12-20(3)16-22)26(34)30-18-24(33)37-7)27(35)23(17-21-13-9-8-10-14-21)31-28(36)38-29(4,5)6/h8-16,19,23,25H,17-18H2,1-7H3,(H,30,34)(H,31,36). The molecule has 2 unspecified atom stereocenters. The van der Waals surface area contributed by atoms with Gasteiger partial charge in [0.05, 0.1) is 7.11 Å². The van der Waals surface area contributed by atoms with Gasteiger partial charge in [-0.2, -0.15) is 0 Å². The van der Waals surface area contributed by atoms with Gasteiger partial charge in [-0.1, -0.05) is 60.2 Å². The largest absolute Gasteiger partial charge is 0.468 e. The van der Waals surface area contributed by atoms with Gasteiger partial charge < -0.3 is 25.0 Å². The number of hydrogen-bond donors (Lipinski definition) is 2. The van der Waals surface area contributed by atoms with E-state index in [1.807, 2.05) is 49.4 Å². The number of carbonyl (C=O) groups excluding carboxylic acids is 4. The molecule has 0 fully saturated rings. The van der Waals surface area contributed by atoms with Crippen molar-refractivity contribution in [3.63, 3.8) is 0 Å². The van der Waals surface area contributed by atoms with Crippen molar-refractivity contribution in [3.8, 4) is 0 Å². The number of aryl methyl sites for hydroxylation is 1. The number of methoxy groups -OCH3 is 1. The molecule has 0 saturated carbocycles. The van der Waals surface area contributed by atoms with Gasteiger partial charge in [0.15, 0.2) is 0 Å². The number of rotatable bonds is 10. The Bertz CT molecular complexity index is 1110. The third-order valence-electron chi connectivity index (χ3n) is 5.60. The average Bonchev–Trinajstić information content (AvgIpc) is 2.84. The minimum Gasteiger partial charge on any atom is -0.468 e. The van der Waals surface area contributed by atoms with Crippen LogP contribution >= 0.6 is 0 Å². The molecule has 0 radical (unpaired) electrons. The lowest BCUT2D eigenvalue weighted by Crippen LogP contribution is -2.56. The van der Waals surface area contributed by atoms with Crippen LogP contribution in [-0.4, -0.2) is 60.1 Å². The van der Waals surface area contributed by atoms with Crippen LogP contribution in [0.2, 0.25) is 0 Å². The monoisotopic (exact) mass is 525 g/mol. The van der Waals surface area contributed by atoms with Gasteiger partial charge in [-0.25, -0.2) is 4.79 Å². The van der Waals surface area contributed by atoms with E-state index in [0.29, 0.717) is 5.56 Å². The maximum Gasteiger partial charge on any atom is 0.408 e. The van der Waals surface area contributed by atoms with Crippen molar-refractivity contribution in [2.45, 2.75) is 71.7 Å². The van der Waals surface area contributed by atoms with Crippen molar-refractivity contribution in [2.24, 2.45) is 0 Å². The van der Waals surface area contributed by atoms with E-state index in [9.17, 15) is 19.2 Å². The fourth-order valence-corrected chi connectivity index (χ4v) is 3.97. The van der Waals surface area contributed by atoms with Crippen LogP contribution < -0.4 is 10.6 Å². The number of nitrogens with one attached hydrogen (secondary N) is 2. The number of amides is 3. The highest BCUT2D eigenvalue weighted by Crippen LogP contribution is 2.26. The number of carbonyl (C=O) groups is 4. The SMILES string of the molecule is COC(=O)CNC(=O)C(c1cccc(C)c1)N(C(=O)C(Cc1ccccc1)NC(=O)OC(C)(C)C)C(C)C. The van der Waals surface area contributed by atoms with E-state index >= 15 is 0 Å². The molecule has 0 aliphatic heterocycles. The molecular formula is C29H39N3O6. The zero-order valence-electron chi connectivity index (χ0n) is 23.2. The zero-order chi connectivity index (χ0) is 28.5. The highest BCUT2D eigenvalue weighted by atomic mass is 16.6. The zero-order valence-corrected chi connectivity index (χ0v) is 23.2. The van der Waals surface area contributed by atoms with Crippen molar-refractivity contribution >= 4 is 23.9 Å². The number of benzene rings is 2. The number of ether oxygens (including phenoxy) is 2. The van der Waals surface area contributed by atoms with Gasteiger partial charge in [0.1, 0.15) is 24.2 Å². The Hall–Kier alpha value is -3.88. The van der Waals surface area contributed by atoms with Crippen LogP contribution in [0.15, 0.2) is 54.6 Å². The molecule has 9 nitrogen and oxygen atoms in total. The molecule has 0 bridgehead atoms. The molecule has 2 aromatic rings. The third kappa shape index (κ3) is 9.21. The molecule has 0 spiro atoms. The molecule has 0 aliphatic carbocycles. The highest BCUT2D eigenvalue weighted by molar-refractivity contribution is 5.93. The van der Waals surface area contributed by atoms with Crippen molar-refractivity contribution in [1.29, 1.82) is 0 Å². The second-order valence-electron chi connectivity index (χ2n) is 10.3. The minimum atomic E-state index is -1.06. The van der Waals surface area contributed by atoms with Gasteiger partial charge in [0.2, 0.25) is 11.8 Å². The van der Waals surface area contributed by atoms with Gasteiger partial charge in [-0.3, -0.25) is 14.4 Å². The van der Waals surface area contributed by atoms with Crippen LogP contribution in [-0.2, 0) is 30.3 Å². The second-order valence-corrected chi connectivity index (χ2v) is 10.3. The summed E-state index contributed by atoms with van der Waals surface area (Å²) in [5.41, 5.74) is 1.54. The first-order valence-electron chi connectivity index (χ1n) is 12.6. The molecule has 0 saturated heterocycles. The van der Waals surface area contributed by atoms with Gasteiger partial charge in [-0.15, -0.1) is 0 Å². The summed E-state index contributed by atoms with van der Waals surface area (Å²) in [5.74, 6) is -1.62. The number of hydrogen-bond acceptors (Lipinski definition) is 6. The number of esters is 1. The van der Waals surface area contributed by atoms with Crippen LogP contribution in [0.3, 0.4) is 0 Å². The van der Waals surface area contributed by atoms with Crippen LogP contribution in [0, 0.1) is 6.92 Å². The van der Waals surface area contributed by atoms with Gasteiger partial charge >= 0.3 is 12.1 Å². The van der Waals surface area contributed by atoms with Crippen LogP contribution in [0.25, 0.3) is 0 Å². The molecule has 0 aromatic heterocycles. The Kier molecular flexibility index (Phi) is 10.9. The van der Waals surface area contributed by atoms with E-state index in [-0.39, 0.29) is 13.0 Å². The minimum absolute atomic E-state index is 0.187. The molecule has 2 atom stereocenters. The Balaban J connectivity index is 2.51. The van der Waals surface area contributed by atoms with E-state index in [1.54, 1.807) is 46.8 Å². The van der Waals surface area contributed by atoms with E-state index in [1.165, 1.54) is 12.0 Å². The van der Waals surface area contributed by atoms with E-state index in [0.717, 1.165) is 11.1 Å². The Morgan fingerprint density at radius 2 is 1.63 bits per heavy atom. The third-order valence-corrected chi connectivity index (χ3v) is 5.60. The molecule has 206 valence electrons. The Morgan fingerprint density at radius 3 is 2.18 bits per heavy atom.